The van der Waals surface area contributed by atoms with Crippen LogP contribution in [0.25, 0.3) is 0 Å². The van der Waals surface area contributed by atoms with Gasteiger partial charge in [-0.3, -0.25) is 4.79 Å². The van der Waals surface area contributed by atoms with Gasteiger partial charge >= 0.3 is 0 Å². The third-order valence-corrected chi connectivity index (χ3v) is 4.68. The zero-order valence-corrected chi connectivity index (χ0v) is 17.1. The van der Waals surface area contributed by atoms with Crippen LogP contribution in [-0.2, 0) is 11.2 Å². The molecule has 0 saturated heterocycles. The van der Waals surface area contributed by atoms with Crippen LogP contribution in [0.2, 0.25) is 0 Å². The molecule has 1 aromatic carbocycles. The van der Waals surface area contributed by atoms with Crippen molar-refractivity contribution in [3.63, 3.8) is 0 Å². The molecule has 0 aliphatic carbocycles. The number of rotatable bonds is 13. The van der Waals surface area contributed by atoms with Crippen LogP contribution in [-0.4, -0.2) is 17.7 Å². The zero-order chi connectivity index (χ0) is 18.3. The lowest BCUT2D eigenvalue weighted by Crippen LogP contribution is -2.08. The number of carbonyl (C=O) groups is 1. The number of unbranched alkanes of at least 4 members (excludes halogenated alkanes) is 5. The number of hydrogen-bond acceptors (Lipinski definition) is 2. The van der Waals surface area contributed by atoms with Gasteiger partial charge in [-0.05, 0) is 56.9 Å². The minimum atomic E-state index is -0.0692. The topological polar surface area (TPSA) is 26.3 Å². The first-order valence-corrected chi connectivity index (χ1v) is 10.4. The minimum absolute atomic E-state index is 0.0692. The second-order valence-electron chi connectivity index (χ2n) is 6.29. The Hall–Kier alpha value is -1.35. The van der Waals surface area contributed by atoms with Crippen molar-refractivity contribution < 1.29 is 9.53 Å². The van der Waals surface area contributed by atoms with Gasteiger partial charge in [0, 0.05) is 10.9 Å². The van der Waals surface area contributed by atoms with Crippen molar-refractivity contribution in [3.8, 4) is 5.75 Å². The maximum Gasteiger partial charge on any atom is 0.149 e. The zero-order valence-electron chi connectivity index (χ0n) is 15.5. The molecule has 0 aliphatic heterocycles. The van der Waals surface area contributed by atoms with E-state index in [0.29, 0.717) is 5.57 Å². The first-order chi connectivity index (χ1) is 12.2. The largest absolute Gasteiger partial charge is 0.487 e. The summed E-state index contributed by atoms with van der Waals surface area (Å²) >= 11 is 3.47. The van der Waals surface area contributed by atoms with Gasteiger partial charge in [-0.25, -0.2) is 0 Å². The second kappa shape index (κ2) is 13.9. The normalized spacial score (nSPS) is 13.2. The van der Waals surface area contributed by atoms with Gasteiger partial charge in [0.25, 0.3) is 0 Å². The number of allylic oxidation sites excluding steroid dienone is 3. The first kappa shape index (κ1) is 21.7. The molecule has 138 valence electrons. The SMILES string of the molecule is C/C=C(C=O)\C=C/C(C)Oc1ccc(CCCCCCCCBr)cc1. The van der Waals surface area contributed by atoms with Crippen molar-refractivity contribution in [1.82, 2.24) is 0 Å². The minimum Gasteiger partial charge on any atom is -0.487 e. The van der Waals surface area contributed by atoms with Crippen LogP contribution in [0.3, 0.4) is 0 Å². The van der Waals surface area contributed by atoms with Gasteiger partial charge in [0.1, 0.15) is 18.1 Å². The molecule has 1 atom stereocenters. The van der Waals surface area contributed by atoms with Crippen LogP contribution in [0.4, 0.5) is 0 Å². The lowest BCUT2D eigenvalue weighted by molar-refractivity contribution is -0.104. The monoisotopic (exact) mass is 406 g/mol. The van der Waals surface area contributed by atoms with E-state index in [1.165, 1.54) is 44.1 Å². The average molecular weight is 407 g/mol. The number of benzene rings is 1. The summed E-state index contributed by atoms with van der Waals surface area (Å²) < 4.78 is 5.86. The Balaban J connectivity index is 2.30. The molecule has 2 nitrogen and oxygen atoms in total. The highest BCUT2D eigenvalue weighted by molar-refractivity contribution is 9.09. The molecule has 0 bridgehead atoms. The van der Waals surface area contributed by atoms with Gasteiger partial charge in [-0.2, -0.15) is 0 Å². The highest BCUT2D eigenvalue weighted by atomic mass is 79.9. The molecule has 1 rings (SSSR count). The Bertz CT molecular complexity index is 531. The molecule has 0 radical (unpaired) electrons. The number of alkyl halides is 1. The highest BCUT2D eigenvalue weighted by Gasteiger charge is 2.01. The van der Waals surface area contributed by atoms with Crippen LogP contribution in [0, 0.1) is 0 Å². The highest BCUT2D eigenvalue weighted by Crippen LogP contribution is 2.17. The predicted molar refractivity (Wildman–Crippen MR) is 111 cm³/mol. The second-order valence-corrected chi connectivity index (χ2v) is 7.09. The standard InChI is InChI=1S/C22H31BrO2/c1-3-20(18-24)12-11-19(2)25-22-15-13-21(14-16-22)10-8-6-4-5-7-9-17-23/h3,11-16,18-19H,4-10,17H2,1-2H3/b12-11-,20-3+. The molecule has 0 saturated carbocycles. The third kappa shape index (κ3) is 10.3. The van der Waals surface area contributed by atoms with Gasteiger partial charge in [0.15, 0.2) is 0 Å². The molecular formula is C22H31BrO2. The van der Waals surface area contributed by atoms with Crippen molar-refractivity contribution in [2.75, 3.05) is 5.33 Å². The van der Waals surface area contributed by atoms with Crippen molar-refractivity contribution in [2.24, 2.45) is 0 Å². The Morgan fingerprint density at radius 2 is 1.72 bits per heavy atom. The molecule has 0 amide bonds. The quantitative estimate of drug-likeness (QED) is 0.124. The number of ether oxygens (including phenoxy) is 1. The number of halogens is 1. The van der Waals surface area contributed by atoms with Crippen molar-refractivity contribution >= 4 is 22.2 Å². The lowest BCUT2D eigenvalue weighted by Gasteiger charge is -2.11. The predicted octanol–water partition coefficient (Wildman–Crippen LogP) is 6.43. The molecule has 0 aliphatic rings. The van der Waals surface area contributed by atoms with Crippen LogP contribution in [0.5, 0.6) is 5.75 Å². The molecule has 1 aromatic rings. The fourth-order valence-electron chi connectivity index (χ4n) is 2.57. The molecule has 1 unspecified atom stereocenters. The molecule has 3 heteroatoms. The van der Waals surface area contributed by atoms with E-state index in [1.807, 2.05) is 32.1 Å². The van der Waals surface area contributed by atoms with E-state index in [0.717, 1.165) is 23.8 Å². The lowest BCUT2D eigenvalue weighted by atomic mass is 10.0. The fraction of sp³-hybridized carbons (Fsp3) is 0.500. The van der Waals surface area contributed by atoms with E-state index in [-0.39, 0.29) is 6.10 Å². The molecule has 0 fully saturated rings. The molecule has 0 spiro atoms. The van der Waals surface area contributed by atoms with E-state index < -0.39 is 0 Å². The van der Waals surface area contributed by atoms with Crippen LogP contribution < -0.4 is 4.74 Å². The molecule has 0 aromatic heterocycles. The van der Waals surface area contributed by atoms with E-state index in [4.69, 9.17) is 4.74 Å². The number of aldehydes is 1. The third-order valence-electron chi connectivity index (χ3n) is 4.12. The van der Waals surface area contributed by atoms with Crippen LogP contribution in [0.1, 0.15) is 57.9 Å². The summed E-state index contributed by atoms with van der Waals surface area (Å²) in [6.45, 7) is 3.82. The maximum atomic E-state index is 10.8. The summed E-state index contributed by atoms with van der Waals surface area (Å²) in [5.41, 5.74) is 2.03. The number of hydrogen-bond donors (Lipinski definition) is 0. The number of carbonyl (C=O) groups excluding carboxylic acids is 1. The van der Waals surface area contributed by atoms with Gasteiger partial charge in [0.2, 0.25) is 0 Å². The average Bonchev–Trinajstić information content (AvgIpc) is 2.63. The van der Waals surface area contributed by atoms with E-state index in [2.05, 4.69) is 28.1 Å². The van der Waals surface area contributed by atoms with Crippen molar-refractivity contribution in [1.29, 1.82) is 0 Å². The molecule has 0 heterocycles. The van der Waals surface area contributed by atoms with Gasteiger partial charge in [-0.15, -0.1) is 0 Å². The summed E-state index contributed by atoms with van der Waals surface area (Å²) in [6, 6.07) is 8.37. The van der Waals surface area contributed by atoms with E-state index in [9.17, 15) is 4.79 Å². The molecule has 25 heavy (non-hydrogen) atoms. The molecule has 0 N–H and O–H groups in total. The summed E-state index contributed by atoms with van der Waals surface area (Å²) in [7, 11) is 0. The fourth-order valence-corrected chi connectivity index (χ4v) is 2.97. The van der Waals surface area contributed by atoms with Gasteiger partial charge in [0.05, 0.1) is 0 Å². The summed E-state index contributed by atoms with van der Waals surface area (Å²) in [6.07, 6.45) is 15.3. The van der Waals surface area contributed by atoms with Crippen molar-refractivity contribution in [2.45, 2.75) is 64.9 Å². The Morgan fingerprint density at radius 1 is 1.08 bits per heavy atom. The van der Waals surface area contributed by atoms with Crippen molar-refractivity contribution in [3.05, 3.63) is 53.6 Å². The van der Waals surface area contributed by atoms with E-state index in [1.54, 1.807) is 12.2 Å². The number of aryl methyl sites for hydroxylation is 1. The summed E-state index contributed by atoms with van der Waals surface area (Å²) in [5, 5.41) is 1.13. The summed E-state index contributed by atoms with van der Waals surface area (Å²) in [4.78, 5) is 10.8. The van der Waals surface area contributed by atoms with Gasteiger partial charge < -0.3 is 4.74 Å². The van der Waals surface area contributed by atoms with Crippen LogP contribution >= 0.6 is 15.9 Å². The van der Waals surface area contributed by atoms with Gasteiger partial charge in [-0.1, -0.05) is 65.9 Å². The van der Waals surface area contributed by atoms with Crippen LogP contribution in [0.15, 0.2) is 48.1 Å². The summed E-state index contributed by atoms with van der Waals surface area (Å²) in [5.74, 6) is 0.865. The smallest absolute Gasteiger partial charge is 0.149 e. The Labute approximate surface area is 161 Å². The maximum absolute atomic E-state index is 10.8. The Morgan fingerprint density at radius 3 is 2.32 bits per heavy atom. The van der Waals surface area contributed by atoms with E-state index >= 15 is 0 Å². The molecular weight excluding hydrogens is 376 g/mol. The Kier molecular flexibility index (Phi) is 12.0. The first-order valence-electron chi connectivity index (χ1n) is 9.31.